The van der Waals surface area contributed by atoms with Gasteiger partial charge in [-0.15, -0.1) is 6.42 Å². The smallest absolute Gasteiger partial charge is 0.280 e. The second-order valence-electron chi connectivity index (χ2n) is 7.06. The summed E-state index contributed by atoms with van der Waals surface area (Å²) in [6.45, 7) is 4.39. The molecule has 0 radical (unpaired) electrons. The molecule has 1 amide bonds. The van der Waals surface area contributed by atoms with Crippen LogP contribution in [0.4, 0.5) is 0 Å². The molecular weight excluding hydrogens is 380 g/mol. The second kappa shape index (κ2) is 9.25. The second-order valence-corrected chi connectivity index (χ2v) is 7.06. The molecule has 30 heavy (non-hydrogen) atoms. The van der Waals surface area contributed by atoms with Crippen molar-refractivity contribution >= 4 is 5.91 Å². The number of aromatic nitrogens is 3. The van der Waals surface area contributed by atoms with Crippen molar-refractivity contribution in [1.82, 2.24) is 20.1 Å². The fraction of sp³-hybridized carbons (Fsp3) is 0.261. The standard InChI is InChI=1S/C23H24N4O3/c1-5-17-6-8-19(15(2)12-17)20-14-25-27(23(20)29)21-9-7-18(13-24-21)22(28)26-16(3)10-11-30-4/h1,6-9,12-14,16,25H,10-11H2,2-4H3,(H,26,28). The van der Waals surface area contributed by atoms with E-state index in [4.69, 9.17) is 11.2 Å². The Morgan fingerprint density at radius 1 is 1.33 bits per heavy atom. The van der Waals surface area contributed by atoms with Gasteiger partial charge in [0.25, 0.3) is 11.5 Å². The maximum atomic E-state index is 12.9. The summed E-state index contributed by atoms with van der Waals surface area (Å²) in [6.07, 6.45) is 9.24. The van der Waals surface area contributed by atoms with Gasteiger partial charge in [-0.05, 0) is 55.7 Å². The van der Waals surface area contributed by atoms with E-state index in [9.17, 15) is 9.59 Å². The van der Waals surface area contributed by atoms with Gasteiger partial charge in [-0.25, -0.2) is 9.67 Å². The Kier molecular flexibility index (Phi) is 6.50. The van der Waals surface area contributed by atoms with Gasteiger partial charge in [0.15, 0.2) is 5.82 Å². The third-order valence-electron chi connectivity index (χ3n) is 4.83. The Morgan fingerprint density at radius 3 is 2.77 bits per heavy atom. The Labute approximate surface area is 175 Å². The minimum Gasteiger partial charge on any atom is -0.385 e. The van der Waals surface area contributed by atoms with E-state index in [-0.39, 0.29) is 17.5 Å². The molecule has 0 bridgehead atoms. The molecule has 7 heteroatoms. The zero-order chi connectivity index (χ0) is 21.7. The average Bonchev–Trinajstić information content (AvgIpc) is 3.13. The lowest BCUT2D eigenvalue weighted by atomic mass is 10.0. The Hall–Kier alpha value is -3.63. The summed E-state index contributed by atoms with van der Waals surface area (Å²) in [5, 5.41) is 5.83. The number of hydrogen-bond donors (Lipinski definition) is 2. The van der Waals surface area contributed by atoms with Crippen LogP contribution in [0.3, 0.4) is 0 Å². The van der Waals surface area contributed by atoms with Gasteiger partial charge in [-0.3, -0.25) is 14.7 Å². The number of carbonyl (C=O) groups excluding carboxylic acids is 1. The summed E-state index contributed by atoms with van der Waals surface area (Å²) >= 11 is 0. The van der Waals surface area contributed by atoms with Crippen molar-refractivity contribution in [3.05, 3.63) is 69.8 Å². The van der Waals surface area contributed by atoms with Crippen LogP contribution < -0.4 is 10.9 Å². The fourth-order valence-corrected chi connectivity index (χ4v) is 3.12. The predicted octanol–water partition coefficient (Wildman–Crippen LogP) is 2.67. The highest BCUT2D eigenvalue weighted by Gasteiger charge is 2.14. The molecule has 154 valence electrons. The maximum absolute atomic E-state index is 12.9. The Morgan fingerprint density at radius 2 is 2.13 bits per heavy atom. The first-order valence-electron chi connectivity index (χ1n) is 9.59. The molecule has 0 spiro atoms. The predicted molar refractivity (Wildman–Crippen MR) is 116 cm³/mol. The van der Waals surface area contributed by atoms with Crippen LogP contribution in [-0.2, 0) is 4.74 Å². The topological polar surface area (TPSA) is 89.0 Å². The molecule has 0 aliphatic rings. The first kappa shape index (κ1) is 21.1. The number of benzene rings is 1. The van der Waals surface area contributed by atoms with Crippen LogP contribution in [0.5, 0.6) is 0 Å². The fourth-order valence-electron chi connectivity index (χ4n) is 3.12. The van der Waals surface area contributed by atoms with Crippen LogP contribution in [0.2, 0.25) is 0 Å². The molecule has 0 saturated heterocycles. The van der Waals surface area contributed by atoms with Crippen LogP contribution in [-0.4, -0.2) is 40.4 Å². The number of hydrogen-bond acceptors (Lipinski definition) is 4. The molecule has 2 aromatic heterocycles. The average molecular weight is 404 g/mol. The summed E-state index contributed by atoms with van der Waals surface area (Å²) in [6, 6.07) is 8.76. The first-order valence-corrected chi connectivity index (χ1v) is 9.59. The van der Waals surface area contributed by atoms with Gasteiger partial charge in [-0.1, -0.05) is 12.0 Å². The number of nitrogens with one attached hydrogen (secondary N) is 2. The van der Waals surface area contributed by atoms with Crippen LogP contribution in [0.15, 0.2) is 47.5 Å². The number of aromatic amines is 1. The van der Waals surface area contributed by atoms with Crippen molar-refractivity contribution in [2.75, 3.05) is 13.7 Å². The maximum Gasteiger partial charge on any atom is 0.280 e. The van der Waals surface area contributed by atoms with Gasteiger partial charge < -0.3 is 10.1 Å². The van der Waals surface area contributed by atoms with Crippen molar-refractivity contribution in [2.24, 2.45) is 0 Å². The van der Waals surface area contributed by atoms with E-state index in [1.807, 2.05) is 26.0 Å². The number of rotatable bonds is 7. The van der Waals surface area contributed by atoms with Crippen molar-refractivity contribution < 1.29 is 9.53 Å². The van der Waals surface area contributed by atoms with E-state index >= 15 is 0 Å². The van der Waals surface area contributed by atoms with Crippen molar-refractivity contribution in [1.29, 1.82) is 0 Å². The minimum atomic E-state index is -0.232. The molecule has 0 fully saturated rings. The molecule has 7 nitrogen and oxygen atoms in total. The van der Waals surface area contributed by atoms with E-state index in [0.29, 0.717) is 23.6 Å². The summed E-state index contributed by atoms with van der Waals surface area (Å²) in [5.74, 6) is 2.76. The Bertz CT molecular complexity index is 1140. The number of H-pyrrole nitrogens is 1. The number of aryl methyl sites for hydroxylation is 1. The van der Waals surface area contributed by atoms with Crippen molar-refractivity contribution in [3.63, 3.8) is 0 Å². The number of amides is 1. The largest absolute Gasteiger partial charge is 0.385 e. The number of terminal acetylenes is 1. The van der Waals surface area contributed by atoms with Gasteiger partial charge in [0.1, 0.15) is 0 Å². The molecule has 0 saturated carbocycles. The SMILES string of the molecule is C#Cc1ccc(-c2c[nH]n(-c3ccc(C(=O)NC(C)CCOC)cn3)c2=O)c(C)c1. The van der Waals surface area contributed by atoms with Crippen LogP contribution in [0, 0.1) is 19.3 Å². The third kappa shape index (κ3) is 4.50. The summed E-state index contributed by atoms with van der Waals surface area (Å²) in [7, 11) is 1.62. The zero-order valence-electron chi connectivity index (χ0n) is 17.2. The normalized spacial score (nSPS) is 11.7. The van der Waals surface area contributed by atoms with Gasteiger partial charge in [0.05, 0.1) is 11.1 Å². The van der Waals surface area contributed by atoms with Gasteiger partial charge in [0, 0.05) is 37.7 Å². The number of methoxy groups -OCH3 is 1. The highest BCUT2D eigenvalue weighted by molar-refractivity contribution is 5.94. The minimum absolute atomic E-state index is 0.0187. The highest BCUT2D eigenvalue weighted by atomic mass is 16.5. The van der Waals surface area contributed by atoms with Crippen molar-refractivity contribution in [3.8, 4) is 29.3 Å². The van der Waals surface area contributed by atoms with E-state index < -0.39 is 0 Å². The molecular formula is C23H24N4O3. The number of ether oxygens (including phenoxy) is 1. The molecule has 2 N–H and O–H groups in total. The lowest BCUT2D eigenvalue weighted by molar-refractivity contribution is 0.0929. The zero-order valence-corrected chi connectivity index (χ0v) is 17.2. The molecule has 0 aliphatic heterocycles. The lowest BCUT2D eigenvalue weighted by Crippen LogP contribution is -2.33. The Balaban J connectivity index is 1.80. The summed E-state index contributed by atoms with van der Waals surface area (Å²) in [4.78, 5) is 29.5. The molecule has 3 aromatic rings. The quantitative estimate of drug-likeness (QED) is 0.593. The number of carbonyl (C=O) groups is 1. The third-order valence-corrected chi connectivity index (χ3v) is 4.83. The lowest BCUT2D eigenvalue weighted by Gasteiger charge is -2.13. The molecule has 1 aromatic carbocycles. The van der Waals surface area contributed by atoms with Crippen LogP contribution in [0.1, 0.15) is 34.8 Å². The molecule has 1 atom stereocenters. The van der Waals surface area contributed by atoms with E-state index in [2.05, 4.69) is 21.3 Å². The van der Waals surface area contributed by atoms with Crippen LogP contribution >= 0.6 is 0 Å². The number of pyridine rings is 1. The summed E-state index contributed by atoms with van der Waals surface area (Å²) in [5.41, 5.74) is 3.19. The monoisotopic (exact) mass is 404 g/mol. The van der Waals surface area contributed by atoms with E-state index in [1.54, 1.807) is 31.5 Å². The van der Waals surface area contributed by atoms with Crippen LogP contribution in [0.25, 0.3) is 16.9 Å². The van der Waals surface area contributed by atoms with Gasteiger partial charge in [-0.2, -0.15) is 0 Å². The number of nitrogens with zero attached hydrogens (tertiary/aromatic N) is 2. The van der Waals surface area contributed by atoms with E-state index in [0.717, 1.165) is 23.1 Å². The highest BCUT2D eigenvalue weighted by Crippen LogP contribution is 2.21. The van der Waals surface area contributed by atoms with Crippen molar-refractivity contribution in [2.45, 2.75) is 26.3 Å². The summed E-state index contributed by atoms with van der Waals surface area (Å²) < 4.78 is 6.36. The molecule has 1 unspecified atom stereocenters. The van der Waals surface area contributed by atoms with E-state index in [1.165, 1.54) is 10.9 Å². The van der Waals surface area contributed by atoms with Gasteiger partial charge in [0.2, 0.25) is 0 Å². The molecule has 3 rings (SSSR count). The van der Waals surface area contributed by atoms with Gasteiger partial charge >= 0.3 is 0 Å². The molecule has 2 heterocycles. The first-order chi connectivity index (χ1) is 14.4. The molecule has 0 aliphatic carbocycles.